The van der Waals surface area contributed by atoms with Crippen LogP contribution in [0.3, 0.4) is 0 Å². The van der Waals surface area contributed by atoms with Gasteiger partial charge in [0.1, 0.15) is 0 Å². The molecule has 0 aromatic carbocycles. The van der Waals surface area contributed by atoms with Crippen LogP contribution >= 0.6 is 0 Å². The second kappa shape index (κ2) is 2.71. The summed E-state index contributed by atoms with van der Waals surface area (Å²) in [5.41, 5.74) is 0.0957. The fourth-order valence-corrected chi connectivity index (χ4v) is 2.56. The molecular formula is C11H20O2. The van der Waals surface area contributed by atoms with Crippen LogP contribution < -0.4 is 0 Å². The molecule has 2 atom stereocenters. The van der Waals surface area contributed by atoms with Crippen molar-refractivity contribution in [2.24, 2.45) is 5.92 Å². The van der Waals surface area contributed by atoms with Gasteiger partial charge in [-0.3, -0.25) is 0 Å². The van der Waals surface area contributed by atoms with Gasteiger partial charge in [0.15, 0.2) is 0 Å². The van der Waals surface area contributed by atoms with Gasteiger partial charge in [0.05, 0.1) is 23.9 Å². The molecule has 0 aromatic heterocycles. The molecule has 0 amide bonds. The van der Waals surface area contributed by atoms with E-state index in [4.69, 9.17) is 9.47 Å². The number of hydrogen-bond donors (Lipinski definition) is 0. The van der Waals surface area contributed by atoms with Gasteiger partial charge in [0.2, 0.25) is 0 Å². The molecule has 2 heterocycles. The summed E-state index contributed by atoms with van der Waals surface area (Å²) in [6.45, 7) is 9.74. The highest BCUT2D eigenvalue weighted by Gasteiger charge is 2.47. The normalized spacial score (nSPS) is 40.6. The first-order chi connectivity index (χ1) is 5.89. The Labute approximate surface area is 80.6 Å². The Bertz CT molecular complexity index is 204. The van der Waals surface area contributed by atoms with Crippen molar-refractivity contribution in [2.75, 3.05) is 6.61 Å². The van der Waals surface area contributed by atoms with Crippen molar-refractivity contribution < 1.29 is 9.47 Å². The zero-order valence-corrected chi connectivity index (χ0v) is 9.09. The lowest BCUT2D eigenvalue weighted by molar-refractivity contribution is -0.0756. The van der Waals surface area contributed by atoms with Gasteiger partial charge in [-0.2, -0.15) is 0 Å². The summed E-state index contributed by atoms with van der Waals surface area (Å²) in [5.74, 6) is 0.662. The van der Waals surface area contributed by atoms with Crippen molar-refractivity contribution in [2.45, 2.75) is 57.8 Å². The fraction of sp³-hybridized carbons (Fsp3) is 1.00. The van der Waals surface area contributed by atoms with Crippen LogP contribution in [0, 0.1) is 5.92 Å². The smallest absolute Gasteiger partial charge is 0.0813 e. The molecule has 2 nitrogen and oxygen atoms in total. The molecule has 0 spiro atoms. The molecule has 2 aliphatic heterocycles. The molecule has 2 aliphatic rings. The van der Waals surface area contributed by atoms with Crippen molar-refractivity contribution in [1.82, 2.24) is 0 Å². The van der Waals surface area contributed by atoms with Gasteiger partial charge in [-0.05, 0) is 46.5 Å². The van der Waals surface area contributed by atoms with Gasteiger partial charge in [-0.25, -0.2) is 0 Å². The summed E-state index contributed by atoms with van der Waals surface area (Å²) in [4.78, 5) is 0. The standard InChI is InChI=1S/C11H20O2/c1-10(2)6-8(5-9-7-12-9)11(3,4)13-10/h8-9H,5-7H2,1-4H3. The average Bonchev–Trinajstić information content (AvgIpc) is 2.62. The van der Waals surface area contributed by atoms with Gasteiger partial charge >= 0.3 is 0 Å². The Hall–Kier alpha value is -0.0800. The third kappa shape index (κ3) is 2.05. The first-order valence-corrected chi connectivity index (χ1v) is 5.21. The van der Waals surface area contributed by atoms with Gasteiger partial charge in [0.25, 0.3) is 0 Å². The molecule has 0 aromatic rings. The second-order valence-electron chi connectivity index (χ2n) is 5.56. The maximum absolute atomic E-state index is 6.02. The third-order valence-electron chi connectivity index (χ3n) is 3.21. The van der Waals surface area contributed by atoms with E-state index >= 15 is 0 Å². The minimum atomic E-state index is 0.0372. The predicted octanol–water partition coefficient (Wildman–Crippen LogP) is 2.37. The highest BCUT2D eigenvalue weighted by molar-refractivity contribution is 4.96. The zero-order chi connectivity index (χ0) is 9.69. The first-order valence-electron chi connectivity index (χ1n) is 5.21. The lowest BCUT2D eigenvalue weighted by atomic mass is 9.84. The van der Waals surface area contributed by atoms with Crippen molar-refractivity contribution >= 4 is 0 Å². The van der Waals surface area contributed by atoms with E-state index in [1.807, 2.05) is 0 Å². The molecule has 0 saturated carbocycles. The molecule has 2 fully saturated rings. The maximum atomic E-state index is 6.02. The van der Waals surface area contributed by atoms with Gasteiger partial charge in [-0.15, -0.1) is 0 Å². The largest absolute Gasteiger partial charge is 0.373 e. The molecule has 2 unspecified atom stereocenters. The van der Waals surface area contributed by atoms with Crippen molar-refractivity contribution in [3.8, 4) is 0 Å². The maximum Gasteiger partial charge on any atom is 0.0813 e. The topological polar surface area (TPSA) is 21.8 Å². The number of hydrogen-bond acceptors (Lipinski definition) is 2. The van der Waals surface area contributed by atoms with Crippen LogP contribution in [0.1, 0.15) is 40.5 Å². The number of ether oxygens (including phenoxy) is 2. The quantitative estimate of drug-likeness (QED) is 0.614. The van der Waals surface area contributed by atoms with Gasteiger partial charge in [-0.1, -0.05) is 0 Å². The molecule has 2 heteroatoms. The van der Waals surface area contributed by atoms with E-state index in [0.717, 1.165) is 6.61 Å². The Morgan fingerprint density at radius 3 is 2.23 bits per heavy atom. The molecule has 2 rings (SSSR count). The predicted molar refractivity (Wildman–Crippen MR) is 51.7 cm³/mol. The van der Waals surface area contributed by atoms with E-state index in [1.54, 1.807) is 0 Å². The van der Waals surface area contributed by atoms with E-state index in [9.17, 15) is 0 Å². The third-order valence-corrected chi connectivity index (χ3v) is 3.21. The van der Waals surface area contributed by atoms with Gasteiger partial charge < -0.3 is 9.47 Å². The SMILES string of the molecule is CC1(C)CC(CC2CO2)C(C)(C)O1. The minimum absolute atomic E-state index is 0.0372. The van der Waals surface area contributed by atoms with Crippen LogP contribution in [0.2, 0.25) is 0 Å². The molecule has 0 bridgehead atoms. The molecule has 0 radical (unpaired) electrons. The van der Waals surface area contributed by atoms with Gasteiger partial charge in [0, 0.05) is 0 Å². The van der Waals surface area contributed by atoms with Crippen LogP contribution in [0.25, 0.3) is 0 Å². The molecular weight excluding hydrogens is 164 g/mol. The average molecular weight is 184 g/mol. The van der Waals surface area contributed by atoms with Crippen molar-refractivity contribution in [3.63, 3.8) is 0 Å². The Morgan fingerprint density at radius 2 is 1.85 bits per heavy atom. The van der Waals surface area contributed by atoms with Crippen molar-refractivity contribution in [3.05, 3.63) is 0 Å². The monoisotopic (exact) mass is 184 g/mol. The summed E-state index contributed by atoms with van der Waals surface area (Å²) in [7, 11) is 0. The van der Waals surface area contributed by atoms with E-state index in [0.29, 0.717) is 12.0 Å². The van der Waals surface area contributed by atoms with Crippen LogP contribution in [0.5, 0.6) is 0 Å². The molecule has 0 N–H and O–H groups in total. The van der Waals surface area contributed by atoms with Crippen LogP contribution in [-0.4, -0.2) is 23.9 Å². The fourth-order valence-electron chi connectivity index (χ4n) is 2.56. The molecule has 13 heavy (non-hydrogen) atoms. The number of rotatable bonds is 2. The Kier molecular flexibility index (Phi) is 1.97. The minimum Gasteiger partial charge on any atom is -0.373 e. The molecule has 0 aliphatic carbocycles. The van der Waals surface area contributed by atoms with Crippen LogP contribution in [0.4, 0.5) is 0 Å². The lowest BCUT2D eigenvalue weighted by Crippen LogP contribution is -2.30. The number of epoxide rings is 1. The molecule has 2 saturated heterocycles. The van der Waals surface area contributed by atoms with E-state index in [1.165, 1.54) is 12.8 Å². The molecule has 76 valence electrons. The van der Waals surface area contributed by atoms with E-state index < -0.39 is 0 Å². The first kappa shape index (κ1) is 9.47. The van der Waals surface area contributed by atoms with Crippen LogP contribution in [-0.2, 0) is 9.47 Å². The van der Waals surface area contributed by atoms with E-state index in [-0.39, 0.29) is 11.2 Å². The summed E-state index contributed by atoms with van der Waals surface area (Å²) in [6.07, 6.45) is 2.87. The Balaban J connectivity index is 2.00. The summed E-state index contributed by atoms with van der Waals surface area (Å²) in [5, 5.41) is 0. The zero-order valence-electron chi connectivity index (χ0n) is 9.09. The summed E-state index contributed by atoms with van der Waals surface area (Å²) < 4.78 is 11.3. The van der Waals surface area contributed by atoms with Crippen LogP contribution in [0.15, 0.2) is 0 Å². The lowest BCUT2D eigenvalue weighted by Gasteiger charge is -2.27. The van der Waals surface area contributed by atoms with E-state index in [2.05, 4.69) is 27.7 Å². The van der Waals surface area contributed by atoms with Crippen molar-refractivity contribution in [1.29, 1.82) is 0 Å². The summed E-state index contributed by atoms with van der Waals surface area (Å²) in [6, 6.07) is 0. The highest BCUT2D eigenvalue weighted by Crippen LogP contribution is 2.45. The highest BCUT2D eigenvalue weighted by atomic mass is 16.6. The Morgan fingerprint density at radius 1 is 1.23 bits per heavy atom. The second-order valence-corrected chi connectivity index (χ2v) is 5.56. The summed E-state index contributed by atoms with van der Waals surface area (Å²) >= 11 is 0.